The number of anilines is 1. The SMILES string of the molecule is COc1ccccc1C(=O)Nc1cccc2cnccc12. The highest BCUT2D eigenvalue weighted by molar-refractivity contribution is 6.10. The van der Waals surface area contributed by atoms with Gasteiger partial charge in [-0.2, -0.15) is 0 Å². The Balaban J connectivity index is 1.97. The molecule has 0 spiro atoms. The van der Waals surface area contributed by atoms with Crippen LogP contribution in [0.25, 0.3) is 10.8 Å². The van der Waals surface area contributed by atoms with Gasteiger partial charge in [0.1, 0.15) is 5.75 Å². The van der Waals surface area contributed by atoms with E-state index in [2.05, 4.69) is 10.3 Å². The molecule has 0 unspecified atom stereocenters. The quantitative estimate of drug-likeness (QED) is 0.797. The molecule has 0 atom stereocenters. The standard InChI is InChI=1S/C17H14N2O2/c1-21-16-8-3-2-6-14(16)17(20)19-15-7-4-5-12-11-18-10-9-13(12)15/h2-11H,1H3,(H,19,20). The summed E-state index contributed by atoms with van der Waals surface area (Å²) in [4.78, 5) is 16.5. The molecule has 4 heteroatoms. The van der Waals surface area contributed by atoms with Crippen molar-refractivity contribution in [2.24, 2.45) is 0 Å². The van der Waals surface area contributed by atoms with E-state index in [9.17, 15) is 4.79 Å². The minimum Gasteiger partial charge on any atom is -0.496 e. The van der Waals surface area contributed by atoms with Gasteiger partial charge in [0, 0.05) is 28.9 Å². The van der Waals surface area contributed by atoms with Gasteiger partial charge < -0.3 is 10.1 Å². The third-order valence-corrected chi connectivity index (χ3v) is 3.28. The van der Waals surface area contributed by atoms with Crippen LogP contribution in [-0.4, -0.2) is 18.0 Å². The largest absolute Gasteiger partial charge is 0.496 e. The first-order chi connectivity index (χ1) is 10.3. The maximum Gasteiger partial charge on any atom is 0.259 e. The second kappa shape index (κ2) is 5.63. The fourth-order valence-electron chi connectivity index (χ4n) is 2.25. The number of carbonyl (C=O) groups is 1. The number of nitrogens with zero attached hydrogens (tertiary/aromatic N) is 1. The maximum atomic E-state index is 12.4. The van der Waals surface area contributed by atoms with Crippen LogP contribution >= 0.6 is 0 Å². The van der Waals surface area contributed by atoms with Gasteiger partial charge in [-0.3, -0.25) is 9.78 Å². The number of benzene rings is 2. The van der Waals surface area contributed by atoms with Crippen molar-refractivity contribution in [2.75, 3.05) is 12.4 Å². The lowest BCUT2D eigenvalue weighted by atomic mass is 10.1. The molecule has 21 heavy (non-hydrogen) atoms. The summed E-state index contributed by atoms with van der Waals surface area (Å²) in [5.74, 6) is 0.355. The maximum absolute atomic E-state index is 12.4. The second-order valence-corrected chi connectivity index (χ2v) is 4.56. The number of carbonyl (C=O) groups excluding carboxylic acids is 1. The van der Waals surface area contributed by atoms with E-state index in [0.29, 0.717) is 11.3 Å². The zero-order valence-corrected chi connectivity index (χ0v) is 11.5. The summed E-state index contributed by atoms with van der Waals surface area (Å²) in [6, 6.07) is 14.7. The topological polar surface area (TPSA) is 51.2 Å². The molecule has 0 saturated carbocycles. The predicted molar refractivity (Wildman–Crippen MR) is 82.7 cm³/mol. The molecule has 0 saturated heterocycles. The minimum atomic E-state index is -0.197. The number of fused-ring (bicyclic) bond motifs is 1. The number of hydrogen-bond donors (Lipinski definition) is 1. The first-order valence-electron chi connectivity index (χ1n) is 6.56. The summed E-state index contributed by atoms with van der Waals surface area (Å²) in [6.45, 7) is 0. The van der Waals surface area contributed by atoms with Gasteiger partial charge in [0.2, 0.25) is 0 Å². The van der Waals surface area contributed by atoms with E-state index in [1.807, 2.05) is 36.4 Å². The zero-order valence-electron chi connectivity index (χ0n) is 11.5. The highest BCUT2D eigenvalue weighted by Gasteiger charge is 2.12. The number of ether oxygens (including phenoxy) is 1. The molecule has 0 aliphatic rings. The van der Waals surface area contributed by atoms with Crippen LogP contribution in [-0.2, 0) is 0 Å². The lowest BCUT2D eigenvalue weighted by Gasteiger charge is -2.10. The van der Waals surface area contributed by atoms with Crippen LogP contribution in [0.5, 0.6) is 5.75 Å². The number of rotatable bonds is 3. The summed E-state index contributed by atoms with van der Waals surface area (Å²) in [6.07, 6.45) is 3.48. The third-order valence-electron chi connectivity index (χ3n) is 3.28. The molecule has 1 N–H and O–H groups in total. The van der Waals surface area contributed by atoms with Crippen molar-refractivity contribution < 1.29 is 9.53 Å². The van der Waals surface area contributed by atoms with Crippen molar-refractivity contribution in [3.8, 4) is 5.75 Å². The predicted octanol–water partition coefficient (Wildman–Crippen LogP) is 3.50. The fourth-order valence-corrected chi connectivity index (χ4v) is 2.25. The van der Waals surface area contributed by atoms with Gasteiger partial charge in [-0.1, -0.05) is 24.3 Å². The van der Waals surface area contributed by atoms with Gasteiger partial charge in [-0.15, -0.1) is 0 Å². The molecule has 0 radical (unpaired) electrons. The number of amides is 1. The van der Waals surface area contributed by atoms with Gasteiger partial charge in [0.15, 0.2) is 0 Å². The first-order valence-corrected chi connectivity index (χ1v) is 6.56. The first kappa shape index (κ1) is 13.1. The molecule has 0 aliphatic heterocycles. The Morgan fingerprint density at radius 3 is 2.81 bits per heavy atom. The Hall–Kier alpha value is -2.88. The van der Waals surface area contributed by atoms with E-state index in [4.69, 9.17) is 4.74 Å². The van der Waals surface area contributed by atoms with Crippen LogP contribution in [0.15, 0.2) is 60.9 Å². The monoisotopic (exact) mass is 278 g/mol. The Labute approximate surface area is 122 Å². The molecule has 3 rings (SSSR count). The summed E-state index contributed by atoms with van der Waals surface area (Å²) in [5, 5.41) is 4.87. The van der Waals surface area contributed by atoms with Crippen molar-refractivity contribution in [3.05, 3.63) is 66.5 Å². The number of aromatic nitrogens is 1. The van der Waals surface area contributed by atoms with Crippen LogP contribution < -0.4 is 10.1 Å². The molecule has 1 aromatic heterocycles. The summed E-state index contributed by atoms with van der Waals surface area (Å²) >= 11 is 0. The molecule has 0 bridgehead atoms. The van der Waals surface area contributed by atoms with Crippen LogP contribution in [0, 0.1) is 0 Å². The summed E-state index contributed by atoms with van der Waals surface area (Å²) in [7, 11) is 1.55. The number of pyridine rings is 1. The van der Waals surface area contributed by atoms with Crippen LogP contribution in [0.4, 0.5) is 5.69 Å². The molecular formula is C17H14N2O2. The van der Waals surface area contributed by atoms with E-state index in [-0.39, 0.29) is 5.91 Å². The molecule has 2 aromatic carbocycles. The van der Waals surface area contributed by atoms with E-state index in [1.165, 1.54) is 0 Å². The number of nitrogens with one attached hydrogen (secondary N) is 1. The Morgan fingerprint density at radius 1 is 1.10 bits per heavy atom. The lowest BCUT2D eigenvalue weighted by Crippen LogP contribution is -2.13. The van der Waals surface area contributed by atoms with Crippen molar-refractivity contribution in [3.63, 3.8) is 0 Å². The highest BCUT2D eigenvalue weighted by atomic mass is 16.5. The smallest absolute Gasteiger partial charge is 0.259 e. The Kier molecular flexibility index (Phi) is 3.51. The van der Waals surface area contributed by atoms with Crippen molar-refractivity contribution in [1.29, 1.82) is 0 Å². The Bertz CT molecular complexity index is 794. The number of hydrogen-bond acceptors (Lipinski definition) is 3. The van der Waals surface area contributed by atoms with E-state index < -0.39 is 0 Å². The van der Waals surface area contributed by atoms with Gasteiger partial charge in [0.25, 0.3) is 5.91 Å². The molecule has 0 fully saturated rings. The van der Waals surface area contributed by atoms with Crippen molar-refractivity contribution >= 4 is 22.4 Å². The Morgan fingerprint density at radius 2 is 1.95 bits per heavy atom. The molecular weight excluding hydrogens is 264 g/mol. The molecule has 104 valence electrons. The van der Waals surface area contributed by atoms with Gasteiger partial charge in [-0.25, -0.2) is 0 Å². The van der Waals surface area contributed by atoms with Crippen molar-refractivity contribution in [1.82, 2.24) is 4.98 Å². The van der Waals surface area contributed by atoms with Crippen molar-refractivity contribution in [2.45, 2.75) is 0 Å². The van der Waals surface area contributed by atoms with E-state index in [1.54, 1.807) is 31.6 Å². The average Bonchev–Trinajstić information content (AvgIpc) is 2.55. The van der Waals surface area contributed by atoms with E-state index in [0.717, 1.165) is 16.5 Å². The van der Waals surface area contributed by atoms with Gasteiger partial charge >= 0.3 is 0 Å². The number of para-hydroxylation sites is 1. The average molecular weight is 278 g/mol. The minimum absolute atomic E-state index is 0.197. The molecule has 1 heterocycles. The van der Waals surface area contributed by atoms with Gasteiger partial charge in [-0.05, 0) is 24.3 Å². The van der Waals surface area contributed by atoms with Crippen LogP contribution in [0.2, 0.25) is 0 Å². The molecule has 3 aromatic rings. The number of methoxy groups -OCH3 is 1. The summed E-state index contributed by atoms with van der Waals surface area (Å²) < 4.78 is 5.22. The lowest BCUT2D eigenvalue weighted by molar-refractivity contribution is 0.102. The zero-order chi connectivity index (χ0) is 14.7. The van der Waals surface area contributed by atoms with Crippen LogP contribution in [0.3, 0.4) is 0 Å². The normalized spacial score (nSPS) is 10.3. The third kappa shape index (κ3) is 2.56. The fraction of sp³-hybridized carbons (Fsp3) is 0.0588. The molecule has 1 amide bonds. The van der Waals surface area contributed by atoms with E-state index >= 15 is 0 Å². The molecule has 4 nitrogen and oxygen atoms in total. The van der Waals surface area contributed by atoms with Crippen LogP contribution in [0.1, 0.15) is 10.4 Å². The molecule has 0 aliphatic carbocycles. The highest BCUT2D eigenvalue weighted by Crippen LogP contribution is 2.24. The second-order valence-electron chi connectivity index (χ2n) is 4.56. The van der Waals surface area contributed by atoms with Gasteiger partial charge in [0.05, 0.1) is 12.7 Å². The summed E-state index contributed by atoms with van der Waals surface area (Å²) in [5.41, 5.74) is 1.26.